The molecule has 2 N–H and O–H groups in total. The Bertz CT molecular complexity index is 922. The third-order valence-corrected chi connectivity index (χ3v) is 6.94. The fourth-order valence-corrected chi connectivity index (χ4v) is 5.34. The highest BCUT2D eigenvalue weighted by atomic mass is 35.5. The highest BCUT2D eigenvalue weighted by Crippen LogP contribution is 2.41. The average Bonchev–Trinajstić information content (AvgIpc) is 3.27. The molecule has 5 atom stereocenters. The van der Waals surface area contributed by atoms with Crippen LogP contribution < -0.4 is 5.73 Å². The van der Waals surface area contributed by atoms with E-state index in [1.54, 1.807) is 4.90 Å². The van der Waals surface area contributed by atoms with Crippen molar-refractivity contribution in [1.82, 2.24) is 9.80 Å². The SMILES string of the molecule is Cl.N#C[C@@H]1C[C@H](F)CN1C(=O)[C@@H](N)C1C[C@@H]2CC[C@@H](C1)N2C(=O)c1ccc(C(F)(F)F)cc1. The number of hydrogen-bond donors (Lipinski definition) is 1. The Balaban J connectivity index is 0.00000306. The van der Waals surface area contributed by atoms with Crippen molar-refractivity contribution >= 4 is 24.2 Å². The lowest BCUT2D eigenvalue weighted by atomic mass is 9.84. The zero-order chi connectivity index (χ0) is 23.2. The maximum Gasteiger partial charge on any atom is 0.416 e. The summed E-state index contributed by atoms with van der Waals surface area (Å²) >= 11 is 0. The molecule has 1 aromatic carbocycles. The fraction of sp³-hybridized carbons (Fsp3) is 0.591. The van der Waals surface area contributed by atoms with Crippen molar-refractivity contribution in [1.29, 1.82) is 5.26 Å². The molecular formula is C22H25ClF4N4O2. The van der Waals surface area contributed by atoms with Gasteiger partial charge in [0, 0.05) is 24.1 Å². The third-order valence-electron chi connectivity index (χ3n) is 6.94. The van der Waals surface area contributed by atoms with Crippen molar-refractivity contribution in [3.63, 3.8) is 0 Å². The number of nitrogens with two attached hydrogens (primary N) is 1. The molecule has 0 aromatic heterocycles. The highest BCUT2D eigenvalue weighted by Gasteiger charge is 2.47. The summed E-state index contributed by atoms with van der Waals surface area (Å²) in [6, 6.07) is 4.10. The van der Waals surface area contributed by atoms with Crippen LogP contribution in [0, 0.1) is 17.2 Å². The smallest absolute Gasteiger partial charge is 0.333 e. The molecule has 3 saturated heterocycles. The van der Waals surface area contributed by atoms with E-state index in [1.165, 1.54) is 17.0 Å². The number of likely N-dealkylation sites (tertiary alicyclic amines) is 1. The number of nitriles is 1. The average molecular weight is 489 g/mol. The fourth-order valence-electron chi connectivity index (χ4n) is 5.34. The van der Waals surface area contributed by atoms with Crippen LogP contribution >= 0.6 is 12.4 Å². The molecule has 1 aromatic rings. The first-order valence-corrected chi connectivity index (χ1v) is 10.7. The second-order valence-electron chi connectivity index (χ2n) is 8.90. The molecule has 180 valence electrons. The van der Waals surface area contributed by atoms with Gasteiger partial charge >= 0.3 is 6.18 Å². The van der Waals surface area contributed by atoms with Gasteiger partial charge in [-0.15, -0.1) is 12.4 Å². The molecule has 0 unspecified atom stereocenters. The van der Waals surface area contributed by atoms with E-state index in [4.69, 9.17) is 5.73 Å². The summed E-state index contributed by atoms with van der Waals surface area (Å²) in [5.41, 5.74) is 5.62. The van der Waals surface area contributed by atoms with Crippen LogP contribution in [0.4, 0.5) is 17.6 Å². The topological polar surface area (TPSA) is 90.4 Å². The molecule has 2 bridgehead atoms. The van der Waals surface area contributed by atoms with Gasteiger partial charge in [-0.1, -0.05) is 0 Å². The zero-order valence-electron chi connectivity index (χ0n) is 17.7. The van der Waals surface area contributed by atoms with Crippen LogP contribution in [0.3, 0.4) is 0 Å². The van der Waals surface area contributed by atoms with Gasteiger partial charge in [0.05, 0.1) is 24.2 Å². The lowest BCUT2D eigenvalue weighted by Gasteiger charge is -2.41. The van der Waals surface area contributed by atoms with Crippen molar-refractivity contribution < 1.29 is 27.2 Å². The van der Waals surface area contributed by atoms with Gasteiger partial charge in [0.15, 0.2) is 0 Å². The van der Waals surface area contributed by atoms with Crippen molar-refractivity contribution in [3.8, 4) is 6.07 Å². The van der Waals surface area contributed by atoms with Gasteiger partial charge in [-0.05, 0) is 55.9 Å². The summed E-state index contributed by atoms with van der Waals surface area (Å²) in [5, 5.41) is 9.20. The molecular weight excluding hydrogens is 464 g/mol. The third kappa shape index (κ3) is 4.80. The molecule has 3 aliphatic rings. The lowest BCUT2D eigenvalue weighted by molar-refractivity contribution is -0.137. The summed E-state index contributed by atoms with van der Waals surface area (Å²) in [5.74, 6) is -0.979. The monoisotopic (exact) mass is 488 g/mol. The number of fused-ring (bicyclic) bond motifs is 2. The number of carbonyl (C=O) groups excluding carboxylic acids is 2. The van der Waals surface area contributed by atoms with Crippen LogP contribution in [0.25, 0.3) is 0 Å². The Kier molecular flexibility index (Phi) is 7.24. The highest BCUT2D eigenvalue weighted by molar-refractivity contribution is 5.95. The number of benzene rings is 1. The van der Waals surface area contributed by atoms with E-state index in [2.05, 4.69) is 0 Å². The van der Waals surface area contributed by atoms with Crippen molar-refractivity contribution in [2.75, 3.05) is 6.54 Å². The Labute approximate surface area is 195 Å². The van der Waals surface area contributed by atoms with Crippen LogP contribution in [-0.2, 0) is 11.0 Å². The number of nitrogens with zero attached hydrogens (tertiary/aromatic N) is 3. The number of carbonyl (C=O) groups is 2. The number of halogens is 5. The molecule has 4 rings (SSSR count). The number of piperidine rings is 1. The van der Waals surface area contributed by atoms with Crippen molar-refractivity contribution in [2.24, 2.45) is 11.7 Å². The van der Waals surface area contributed by atoms with Crippen LogP contribution in [0.5, 0.6) is 0 Å². The first-order valence-electron chi connectivity index (χ1n) is 10.7. The maximum atomic E-state index is 13.7. The normalized spacial score (nSPS) is 29.9. The molecule has 11 heteroatoms. The van der Waals surface area contributed by atoms with Gasteiger partial charge in [-0.3, -0.25) is 9.59 Å². The minimum absolute atomic E-state index is 0. The maximum absolute atomic E-state index is 13.7. The Morgan fingerprint density at radius 2 is 1.67 bits per heavy atom. The number of amides is 2. The lowest BCUT2D eigenvalue weighted by Crippen LogP contribution is -2.55. The Hall–Kier alpha value is -2.38. The van der Waals surface area contributed by atoms with Crippen LogP contribution in [0.2, 0.25) is 0 Å². The van der Waals surface area contributed by atoms with Gasteiger partial charge in [0.1, 0.15) is 12.2 Å². The second-order valence-corrected chi connectivity index (χ2v) is 8.90. The molecule has 0 saturated carbocycles. The van der Waals surface area contributed by atoms with Gasteiger partial charge in [0.2, 0.25) is 5.91 Å². The molecule has 6 nitrogen and oxygen atoms in total. The minimum atomic E-state index is -4.47. The zero-order valence-corrected chi connectivity index (χ0v) is 18.5. The van der Waals surface area contributed by atoms with Crippen LogP contribution in [0.15, 0.2) is 24.3 Å². The molecule has 3 heterocycles. The van der Waals surface area contributed by atoms with Gasteiger partial charge in [-0.25, -0.2) is 4.39 Å². The molecule has 3 aliphatic heterocycles. The van der Waals surface area contributed by atoms with E-state index in [0.717, 1.165) is 25.0 Å². The molecule has 33 heavy (non-hydrogen) atoms. The van der Waals surface area contributed by atoms with E-state index in [1.807, 2.05) is 6.07 Å². The van der Waals surface area contributed by atoms with E-state index >= 15 is 0 Å². The quantitative estimate of drug-likeness (QED) is 0.661. The van der Waals surface area contributed by atoms with Gasteiger partial charge < -0.3 is 15.5 Å². The predicted octanol–water partition coefficient (Wildman–Crippen LogP) is 3.30. The van der Waals surface area contributed by atoms with E-state index in [-0.39, 0.29) is 54.8 Å². The molecule has 0 radical (unpaired) electrons. The van der Waals surface area contributed by atoms with E-state index < -0.39 is 35.9 Å². The minimum Gasteiger partial charge on any atom is -0.333 e. The predicted molar refractivity (Wildman–Crippen MR) is 113 cm³/mol. The molecule has 0 aliphatic carbocycles. The van der Waals surface area contributed by atoms with Gasteiger partial charge in [-0.2, -0.15) is 18.4 Å². The van der Waals surface area contributed by atoms with Gasteiger partial charge in [0.25, 0.3) is 5.91 Å². The molecule has 0 spiro atoms. The summed E-state index contributed by atoms with van der Waals surface area (Å²) < 4.78 is 52.1. The summed E-state index contributed by atoms with van der Waals surface area (Å²) in [6.07, 6.45) is -3.30. The van der Waals surface area contributed by atoms with Crippen molar-refractivity contribution in [3.05, 3.63) is 35.4 Å². The largest absolute Gasteiger partial charge is 0.416 e. The second kappa shape index (κ2) is 9.47. The number of hydrogen-bond acceptors (Lipinski definition) is 4. The van der Waals surface area contributed by atoms with Crippen LogP contribution in [0.1, 0.15) is 48.0 Å². The van der Waals surface area contributed by atoms with Crippen LogP contribution in [-0.4, -0.2) is 58.5 Å². The molecule has 2 amide bonds. The molecule has 3 fully saturated rings. The summed E-state index contributed by atoms with van der Waals surface area (Å²) in [7, 11) is 0. The number of alkyl halides is 4. The summed E-state index contributed by atoms with van der Waals surface area (Å²) in [4.78, 5) is 28.8. The van der Waals surface area contributed by atoms with E-state index in [0.29, 0.717) is 12.8 Å². The first kappa shape index (κ1) is 25.2. The Morgan fingerprint density at radius 1 is 1.09 bits per heavy atom. The van der Waals surface area contributed by atoms with E-state index in [9.17, 15) is 32.4 Å². The summed E-state index contributed by atoms with van der Waals surface area (Å²) in [6.45, 7) is -0.136. The van der Waals surface area contributed by atoms with Crippen molar-refractivity contribution in [2.45, 2.75) is 68.6 Å². The Morgan fingerprint density at radius 3 is 2.18 bits per heavy atom. The standard InChI is InChI=1S/C22H24F4N4O2.ClH/c23-15-9-18(10-27)29(11-15)21(32)19(28)13-7-16-5-6-17(8-13)30(16)20(31)12-1-3-14(4-2-12)22(24,25)26;/h1-4,13,15-19H,5-9,11,28H2;1H/t15-,16-,17-,18-,19-;/m0./s1. The number of rotatable bonds is 3. The first-order chi connectivity index (χ1) is 15.1.